The van der Waals surface area contributed by atoms with Crippen LogP contribution < -0.4 is 5.32 Å². The number of halogens is 2. The fraction of sp³-hybridized carbons (Fsp3) is 0.273. The molecule has 0 unspecified atom stereocenters. The molecule has 2 rings (SSSR count). The number of carbonyl (C=O) groups is 1. The highest BCUT2D eigenvalue weighted by Gasteiger charge is 2.28. The summed E-state index contributed by atoms with van der Waals surface area (Å²) in [5.74, 6) is -3.98. The van der Waals surface area contributed by atoms with Crippen LogP contribution in [0, 0.1) is 0 Å². The summed E-state index contributed by atoms with van der Waals surface area (Å²) < 4.78 is 27.0. The Morgan fingerprint density at radius 2 is 2.05 bits per heavy atom. The molecule has 0 saturated heterocycles. The minimum Gasteiger partial charge on any atom is -0.390 e. The second-order valence-corrected chi connectivity index (χ2v) is 4.00. The lowest BCUT2D eigenvalue weighted by Gasteiger charge is -2.13. The number of alkyl halides is 2. The summed E-state index contributed by atoms with van der Waals surface area (Å²) in [5, 5.41) is 21.0. The molecule has 0 aliphatic heterocycles. The minimum atomic E-state index is -3.33. The maximum Gasteiger partial charge on any atom is 0.287 e. The standard InChI is InChI=1S/C11H11F2N5O2/c12-11(13,6-19)5-14-10(20)8-1-3-9(4-2-8)18-7-15-16-17-18/h1-4,7,19H,5-6H2,(H,14,20). The number of amides is 1. The van der Waals surface area contributed by atoms with Crippen molar-refractivity contribution in [3.8, 4) is 5.69 Å². The largest absolute Gasteiger partial charge is 0.390 e. The van der Waals surface area contributed by atoms with Crippen molar-refractivity contribution < 1.29 is 18.7 Å². The van der Waals surface area contributed by atoms with Gasteiger partial charge in [-0.2, -0.15) is 0 Å². The Hall–Kier alpha value is -2.42. The summed E-state index contributed by atoms with van der Waals surface area (Å²) >= 11 is 0. The molecule has 0 radical (unpaired) electrons. The molecule has 0 spiro atoms. The monoisotopic (exact) mass is 283 g/mol. The highest BCUT2D eigenvalue weighted by Crippen LogP contribution is 2.11. The number of aromatic nitrogens is 4. The van der Waals surface area contributed by atoms with Crippen molar-refractivity contribution in [2.24, 2.45) is 0 Å². The average Bonchev–Trinajstić information content (AvgIpc) is 2.99. The number of nitrogens with one attached hydrogen (secondary N) is 1. The fourth-order valence-electron chi connectivity index (χ4n) is 1.41. The maximum absolute atomic E-state index is 12.8. The van der Waals surface area contributed by atoms with E-state index in [1.165, 1.54) is 23.1 Å². The molecule has 1 amide bonds. The van der Waals surface area contributed by atoms with E-state index in [4.69, 9.17) is 5.11 Å². The quantitative estimate of drug-likeness (QED) is 0.807. The van der Waals surface area contributed by atoms with Gasteiger partial charge in [0.05, 0.1) is 12.2 Å². The Morgan fingerprint density at radius 1 is 1.35 bits per heavy atom. The molecule has 7 nitrogen and oxygen atoms in total. The molecule has 0 aliphatic carbocycles. The van der Waals surface area contributed by atoms with E-state index in [1.54, 1.807) is 12.1 Å². The predicted molar refractivity (Wildman–Crippen MR) is 63.5 cm³/mol. The number of aliphatic hydroxyl groups is 1. The summed E-state index contributed by atoms with van der Waals surface area (Å²) in [6.07, 6.45) is 1.39. The zero-order chi connectivity index (χ0) is 14.6. The molecule has 106 valence electrons. The van der Waals surface area contributed by atoms with Gasteiger partial charge in [-0.25, -0.2) is 13.5 Å². The Morgan fingerprint density at radius 3 is 2.60 bits per heavy atom. The molecule has 1 aromatic heterocycles. The summed E-state index contributed by atoms with van der Waals surface area (Å²) in [4.78, 5) is 11.6. The number of tetrazole rings is 1. The molecular formula is C11H11F2N5O2. The van der Waals surface area contributed by atoms with Crippen LogP contribution in [0.2, 0.25) is 0 Å². The van der Waals surface area contributed by atoms with Crippen LogP contribution in [0.5, 0.6) is 0 Å². The Kier molecular flexibility index (Phi) is 3.99. The van der Waals surface area contributed by atoms with Gasteiger partial charge in [0, 0.05) is 5.56 Å². The molecule has 9 heteroatoms. The first-order valence-corrected chi connectivity index (χ1v) is 5.62. The zero-order valence-corrected chi connectivity index (χ0v) is 10.2. The van der Waals surface area contributed by atoms with Gasteiger partial charge in [0.25, 0.3) is 11.8 Å². The molecule has 1 heterocycles. The van der Waals surface area contributed by atoms with E-state index >= 15 is 0 Å². The fourth-order valence-corrected chi connectivity index (χ4v) is 1.41. The average molecular weight is 283 g/mol. The van der Waals surface area contributed by atoms with Gasteiger partial charge in [0.2, 0.25) is 0 Å². The molecule has 1 aromatic carbocycles. The SMILES string of the molecule is O=C(NCC(F)(F)CO)c1ccc(-n2cnnn2)cc1. The molecule has 2 aromatic rings. The molecular weight excluding hydrogens is 272 g/mol. The smallest absolute Gasteiger partial charge is 0.287 e. The Balaban J connectivity index is 2.01. The van der Waals surface area contributed by atoms with Gasteiger partial charge in [-0.05, 0) is 34.7 Å². The van der Waals surface area contributed by atoms with Crippen molar-refractivity contribution in [1.82, 2.24) is 25.5 Å². The second kappa shape index (κ2) is 5.70. The van der Waals surface area contributed by atoms with Gasteiger partial charge in [-0.3, -0.25) is 4.79 Å². The van der Waals surface area contributed by atoms with Crippen molar-refractivity contribution >= 4 is 5.91 Å². The van der Waals surface area contributed by atoms with E-state index in [0.717, 1.165) is 0 Å². The van der Waals surface area contributed by atoms with Crippen LogP contribution in [-0.2, 0) is 0 Å². The third-order valence-electron chi connectivity index (χ3n) is 2.48. The van der Waals surface area contributed by atoms with E-state index in [0.29, 0.717) is 5.69 Å². The molecule has 2 N–H and O–H groups in total. The number of rotatable bonds is 5. The summed E-state index contributed by atoms with van der Waals surface area (Å²) in [7, 11) is 0. The molecule has 0 fully saturated rings. The van der Waals surface area contributed by atoms with Crippen molar-refractivity contribution in [1.29, 1.82) is 0 Å². The molecule has 0 bridgehead atoms. The number of aliphatic hydroxyl groups excluding tert-OH is 1. The number of hydrogen-bond acceptors (Lipinski definition) is 5. The van der Waals surface area contributed by atoms with Crippen LogP contribution in [0.1, 0.15) is 10.4 Å². The number of hydrogen-bond donors (Lipinski definition) is 2. The van der Waals surface area contributed by atoms with Gasteiger partial charge in [0.15, 0.2) is 0 Å². The Bertz CT molecular complexity index is 571. The van der Waals surface area contributed by atoms with E-state index in [1.807, 2.05) is 5.32 Å². The van der Waals surface area contributed by atoms with Crippen LogP contribution in [0.25, 0.3) is 5.69 Å². The maximum atomic E-state index is 12.8. The topological polar surface area (TPSA) is 92.9 Å². The lowest BCUT2D eigenvalue weighted by molar-refractivity contribution is -0.0462. The highest BCUT2D eigenvalue weighted by atomic mass is 19.3. The van der Waals surface area contributed by atoms with Gasteiger partial charge < -0.3 is 10.4 Å². The second-order valence-electron chi connectivity index (χ2n) is 4.00. The number of nitrogens with zero attached hydrogens (tertiary/aromatic N) is 4. The third kappa shape index (κ3) is 3.32. The van der Waals surface area contributed by atoms with E-state index in [-0.39, 0.29) is 5.56 Å². The first kappa shape index (κ1) is 14.0. The van der Waals surface area contributed by atoms with E-state index < -0.39 is 25.0 Å². The van der Waals surface area contributed by atoms with Crippen molar-refractivity contribution in [2.45, 2.75) is 5.92 Å². The van der Waals surface area contributed by atoms with E-state index in [9.17, 15) is 13.6 Å². The molecule has 0 aliphatic rings. The van der Waals surface area contributed by atoms with Crippen molar-refractivity contribution in [3.63, 3.8) is 0 Å². The third-order valence-corrected chi connectivity index (χ3v) is 2.48. The normalized spacial score (nSPS) is 11.3. The predicted octanol–water partition coefficient (Wildman–Crippen LogP) is 0.0197. The van der Waals surface area contributed by atoms with Crippen LogP contribution in [-0.4, -0.2) is 50.3 Å². The number of carbonyl (C=O) groups excluding carboxylic acids is 1. The first-order chi connectivity index (χ1) is 9.52. The summed E-state index contributed by atoms with van der Waals surface area (Å²) in [6, 6.07) is 6.08. The Labute approximate surface area is 112 Å². The van der Waals surface area contributed by atoms with Crippen molar-refractivity contribution in [3.05, 3.63) is 36.2 Å². The zero-order valence-electron chi connectivity index (χ0n) is 10.2. The van der Waals surface area contributed by atoms with Crippen LogP contribution >= 0.6 is 0 Å². The minimum absolute atomic E-state index is 0.218. The summed E-state index contributed by atoms with van der Waals surface area (Å²) in [6.45, 7) is -2.23. The summed E-state index contributed by atoms with van der Waals surface area (Å²) in [5.41, 5.74) is 0.850. The molecule has 0 saturated carbocycles. The number of benzene rings is 1. The lowest BCUT2D eigenvalue weighted by Crippen LogP contribution is -2.38. The van der Waals surface area contributed by atoms with Gasteiger partial charge in [0.1, 0.15) is 12.9 Å². The van der Waals surface area contributed by atoms with Gasteiger partial charge in [-0.1, -0.05) is 0 Å². The van der Waals surface area contributed by atoms with Crippen LogP contribution in [0.3, 0.4) is 0 Å². The van der Waals surface area contributed by atoms with Crippen LogP contribution in [0.4, 0.5) is 8.78 Å². The lowest BCUT2D eigenvalue weighted by atomic mass is 10.2. The van der Waals surface area contributed by atoms with Gasteiger partial charge >= 0.3 is 0 Å². The van der Waals surface area contributed by atoms with Crippen LogP contribution in [0.15, 0.2) is 30.6 Å². The van der Waals surface area contributed by atoms with Crippen molar-refractivity contribution in [2.75, 3.05) is 13.2 Å². The first-order valence-electron chi connectivity index (χ1n) is 5.62. The molecule has 20 heavy (non-hydrogen) atoms. The van der Waals surface area contributed by atoms with E-state index in [2.05, 4.69) is 15.5 Å². The van der Waals surface area contributed by atoms with Gasteiger partial charge in [-0.15, -0.1) is 5.10 Å². The molecule has 0 atom stereocenters. The highest BCUT2D eigenvalue weighted by molar-refractivity contribution is 5.94.